The lowest BCUT2D eigenvalue weighted by Crippen LogP contribution is -2.37. The van der Waals surface area contributed by atoms with Gasteiger partial charge in [0.1, 0.15) is 0 Å². The molecular formula is C14H18N2O5. The Hall–Kier alpha value is -2.41. The molecule has 114 valence electrons. The predicted octanol–water partition coefficient (Wildman–Crippen LogP) is 1.50. The maximum absolute atomic E-state index is 11.7. The summed E-state index contributed by atoms with van der Waals surface area (Å²) in [4.78, 5) is 33.5. The molecule has 0 aliphatic rings. The molecule has 0 aliphatic heterocycles. The van der Waals surface area contributed by atoms with Crippen molar-refractivity contribution in [3.63, 3.8) is 0 Å². The van der Waals surface area contributed by atoms with E-state index in [0.29, 0.717) is 11.3 Å². The van der Waals surface area contributed by atoms with Crippen molar-refractivity contribution in [1.29, 1.82) is 0 Å². The fraction of sp³-hybridized carbons (Fsp3) is 0.357. The molecule has 1 aromatic rings. The van der Waals surface area contributed by atoms with E-state index in [4.69, 9.17) is 9.84 Å². The molecule has 21 heavy (non-hydrogen) atoms. The van der Waals surface area contributed by atoms with Gasteiger partial charge in [-0.3, -0.25) is 9.59 Å². The molecule has 0 heterocycles. The van der Waals surface area contributed by atoms with E-state index < -0.39 is 18.1 Å². The van der Waals surface area contributed by atoms with E-state index in [-0.39, 0.29) is 18.7 Å². The number of rotatable bonds is 7. The Morgan fingerprint density at radius 1 is 1.33 bits per heavy atom. The van der Waals surface area contributed by atoms with Gasteiger partial charge in [-0.05, 0) is 19.1 Å². The van der Waals surface area contributed by atoms with Crippen molar-refractivity contribution < 1.29 is 24.2 Å². The number of nitrogens with one attached hydrogen (secondary N) is 2. The molecule has 1 aromatic carbocycles. The molecule has 1 rings (SSSR count). The molecule has 0 aromatic heterocycles. The highest BCUT2D eigenvalue weighted by Crippen LogP contribution is 2.10. The lowest BCUT2D eigenvalue weighted by Gasteiger charge is -2.14. The molecule has 3 N–H and O–H groups in total. The third-order valence-electron chi connectivity index (χ3n) is 2.75. The highest BCUT2D eigenvalue weighted by molar-refractivity contribution is 5.96. The second-order valence-electron chi connectivity index (χ2n) is 4.43. The number of methoxy groups -OCH3 is 1. The number of amides is 2. The van der Waals surface area contributed by atoms with Gasteiger partial charge < -0.3 is 20.5 Å². The van der Waals surface area contributed by atoms with E-state index in [0.717, 1.165) is 0 Å². The van der Waals surface area contributed by atoms with Crippen LogP contribution in [0.2, 0.25) is 0 Å². The summed E-state index contributed by atoms with van der Waals surface area (Å²) >= 11 is 0. The van der Waals surface area contributed by atoms with E-state index in [9.17, 15) is 14.4 Å². The number of urea groups is 1. The van der Waals surface area contributed by atoms with Gasteiger partial charge >= 0.3 is 12.0 Å². The fourth-order valence-electron chi connectivity index (χ4n) is 1.63. The van der Waals surface area contributed by atoms with Gasteiger partial charge in [0.2, 0.25) is 0 Å². The first-order valence-electron chi connectivity index (χ1n) is 6.32. The molecule has 1 atom stereocenters. The fourth-order valence-corrected chi connectivity index (χ4v) is 1.63. The van der Waals surface area contributed by atoms with Gasteiger partial charge in [-0.1, -0.05) is 12.1 Å². The zero-order valence-corrected chi connectivity index (χ0v) is 11.9. The van der Waals surface area contributed by atoms with Crippen molar-refractivity contribution in [2.24, 2.45) is 0 Å². The Morgan fingerprint density at radius 2 is 2.05 bits per heavy atom. The summed E-state index contributed by atoms with van der Waals surface area (Å²) in [7, 11) is 1.38. The number of hydrogen-bond donors (Lipinski definition) is 3. The molecule has 0 radical (unpaired) electrons. The number of anilines is 1. The third kappa shape index (κ3) is 6.05. The maximum atomic E-state index is 11.7. The number of benzene rings is 1. The van der Waals surface area contributed by atoms with Gasteiger partial charge in [-0.15, -0.1) is 0 Å². The first-order chi connectivity index (χ1) is 9.92. The van der Waals surface area contributed by atoms with Gasteiger partial charge in [0.25, 0.3) is 0 Å². The number of carboxylic acids is 1. The Kier molecular flexibility index (Phi) is 6.35. The number of carbonyl (C=O) groups is 3. The van der Waals surface area contributed by atoms with Crippen LogP contribution in [0.3, 0.4) is 0 Å². The van der Waals surface area contributed by atoms with Gasteiger partial charge in [-0.25, -0.2) is 4.79 Å². The van der Waals surface area contributed by atoms with E-state index in [1.54, 1.807) is 24.3 Å². The van der Waals surface area contributed by atoms with Crippen LogP contribution in [-0.2, 0) is 9.53 Å². The van der Waals surface area contributed by atoms with Crippen LogP contribution in [0.1, 0.15) is 23.7 Å². The van der Waals surface area contributed by atoms with Crippen molar-refractivity contribution in [2.75, 3.05) is 19.0 Å². The third-order valence-corrected chi connectivity index (χ3v) is 2.75. The van der Waals surface area contributed by atoms with Crippen LogP contribution in [0.15, 0.2) is 24.3 Å². The molecule has 7 heteroatoms. The van der Waals surface area contributed by atoms with E-state index in [1.807, 2.05) is 0 Å². The number of hydrogen-bond acceptors (Lipinski definition) is 4. The van der Waals surface area contributed by atoms with Crippen LogP contribution < -0.4 is 10.6 Å². The summed E-state index contributed by atoms with van der Waals surface area (Å²) in [5.41, 5.74) is 0.973. The standard InChI is InChI=1S/C14H18N2O5/c1-9(17)10-4-3-5-11(6-10)16-14(20)15-8-12(21-2)7-13(18)19/h3-6,12H,7-8H2,1-2H3,(H,18,19)(H2,15,16,20). The zero-order valence-electron chi connectivity index (χ0n) is 11.9. The van der Waals surface area contributed by atoms with E-state index in [1.165, 1.54) is 14.0 Å². The number of carbonyl (C=O) groups excluding carboxylic acids is 2. The molecule has 0 saturated carbocycles. The van der Waals surface area contributed by atoms with Crippen molar-refractivity contribution >= 4 is 23.5 Å². The summed E-state index contributed by atoms with van der Waals surface area (Å²) < 4.78 is 4.94. The molecule has 7 nitrogen and oxygen atoms in total. The minimum absolute atomic E-state index is 0.0705. The smallest absolute Gasteiger partial charge is 0.319 e. The number of carboxylic acid groups (broad SMARTS) is 1. The lowest BCUT2D eigenvalue weighted by atomic mass is 10.1. The number of aliphatic carboxylic acids is 1. The summed E-state index contributed by atoms with van der Waals surface area (Å²) in [6.45, 7) is 1.51. The molecule has 0 fully saturated rings. The first kappa shape index (κ1) is 16.6. The van der Waals surface area contributed by atoms with Gasteiger partial charge in [0.05, 0.1) is 12.5 Å². The van der Waals surface area contributed by atoms with Crippen molar-refractivity contribution in [1.82, 2.24) is 5.32 Å². The second-order valence-corrected chi connectivity index (χ2v) is 4.43. The Balaban J connectivity index is 2.51. The Morgan fingerprint density at radius 3 is 2.62 bits per heavy atom. The van der Waals surface area contributed by atoms with Crippen LogP contribution in [0.4, 0.5) is 10.5 Å². The summed E-state index contributed by atoms with van der Waals surface area (Å²) in [5.74, 6) is -1.10. The first-order valence-corrected chi connectivity index (χ1v) is 6.32. The van der Waals surface area contributed by atoms with Gasteiger partial charge in [0.15, 0.2) is 5.78 Å². The van der Waals surface area contributed by atoms with Crippen molar-refractivity contribution in [3.05, 3.63) is 29.8 Å². The lowest BCUT2D eigenvalue weighted by molar-refractivity contribution is -0.139. The van der Waals surface area contributed by atoms with Gasteiger partial charge in [-0.2, -0.15) is 0 Å². The van der Waals surface area contributed by atoms with Crippen LogP contribution in [0.25, 0.3) is 0 Å². The minimum atomic E-state index is -1.00. The number of ketones is 1. The van der Waals surface area contributed by atoms with Crippen molar-refractivity contribution in [3.8, 4) is 0 Å². The maximum Gasteiger partial charge on any atom is 0.319 e. The molecule has 0 bridgehead atoms. The second kappa shape index (κ2) is 8.01. The molecular weight excluding hydrogens is 276 g/mol. The quantitative estimate of drug-likeness (QED) is 0.661. The summed E-state index contributed by atoms with van der Waals surface area (Å²) in [5, 5.41) is 13.7. The predicted molar refractivity (Wildman–Crippen MR) is 76.5 cm³/mol. The average Bonchev–Trinajstić information content (AvgIpc) is 2.43. The molecule has 0 spiro atoms. The van der Waals surface area contributed by atoms with E-state index in [2.05, 4.69) is 10.6 Å². The minimum Gasteiger partial charge on any atom is -0.481 e. The van der Waals surface area contributed by atoms with Gasteiger partial charge in [0, 0.05) is 24.9 Å². The molecule has 1 unspecified atom stereocenters. The Labute approximate surface area is 122 Å². The number of Topliss-reactive ketones (excluding diaryl/α,β-unsaturated/α-hetero) is 1. The summed E-state index contributed by atoms with van der Waals surface area (Å²) in [6.07, 6.45) is -0.798. The van der Waals surface area contributed by atoms with Crippen LogP contribution in [0, 0.1) is 0 Å². The van der Waals surface area contributed by atoms with Crippen molar-refractivity contribution in [2.45, 2.75) is 19.4 Å². The van der Waals surface area contributed by atoms with Crippen LogP contribution >= 0.6 is 0 Å². The molecule has 0 aliphatic carbocycles. The molecule has 0 saturated heterocycles. The molecule has 2 amide bonds. The van der Waals surface area contributed by atoms with Crippen LogP contribution in [0.5, 0.6) is 0 Å². The highest BCUT2D eigenvalue weighted by atomic mass is 16.5. The topological polar surface area (TPSA) is 105 Å². The highest BCUT2D eigenvalue weighted by Gasteiger charge is 2.13. The normalized spacial score (nSPS) is 11.5. The Bertz CT molecular complexity index is 530. The monoisotopic (exact) mass is 294 g/mol. The largest absolute Gasteiger partial charge is 0.481 e. The zero-order chi connectivity index (χ0) is 15.8. The summed E-state index contributed by atoms with van der Waals surface area (Å²) in [6, 6.07) is 6.03. The number of ether oxygens (including phenoxy) is 1. The van der Waals surface area contributed by atoms with Crippen LogP contribution in [-0.4, -0.2) is 42.6 Å². The SMILES string of the molecule is COC(CNC(=O)Nc1cccc(C(C)=O)c1)CC(=O)O. The average molecular weight is 294 g/mol. The van der Waals surface area contributed by atoms with E-state index >= 15 is 0 Å².